The summed E-state index contributed by atoms with van der Waals surface area (Å²) in [5.74, 6) is -4.55. The quantitative estimate of drug-likeness (QED) is 0.343. The molecule has 1 aliphatic heterocycles. The lowest BCUT2D eigenvalue weighted by molar-refractivity contribution is -0.147. The average Bonchev–Trinajstić information content (AvgIpc) is 3.35. The number of carbonyl (C=O) groups is 3. The van der Waals surface area contributed by atoms with Gasteiger partial charge in [0.15, 0.2) is 23.1 Å². The van der Waals surface area contributed by atoms with Crippen molar-refractivity contribution in [3.05, 3.63) is 65.0 Å². The van der Waals surface area contributed by atoms with Gasteiger partial charge in [-0.3, -0.25) is 9.59 Å². The lowest BCUT2D eigenvalue weighted by Gasteiger charge is -2.24. The van der Waals surface area contributed by atoms with E-state index < -0.39 is 46.8 Å². The number of nitrogens with zero attached hydrogens (tertiary/aromatic N) is 1. The molecule has 1 fully saturated rings. The molecule has 3 atom stereocenters. The minimum atomic E-state index is -1.30. The summed E-state index contributed by atoms with van der Waals surface area (Å²) >= 11 is 1.30. The van der Waals surface area contributed by atoms with Crippen LogP contribution in [0, 0.1) is 23.4 Å². The molecule has 2 amide bonds. The Morgan fingerprint density at radius 1 is 1.13 bits per heavy atom. The van der Waals surface area contributed by atoms with E-state index in [4.69, 9.17) is 10.5 Å². The topological polar surface area (TPSA) is 122 Å². The number of carbonyl (C=O) groups excluding carboxylic acids is 2. The molecule has 214 valence electrons. The van der Waals surface area contributed by atoms with Gasteiger partial charge in [-0.15, -0.1) is 24.2 Å². The molecule has 0 aliphatic carbocycles. The van der Waals surface area contributed by atoms with E-state index >= 15 is 0 Å². The van der Waals surface area contributed by atoms with Gasteiger partial charge in [0.05, 0.1) is 0 Å². The summed E-state index contributed by atoms with van der Waals surface area (Å²) in [7, 11) is 0. The van der Waals surface area contributed by atoms with Gasteiger partial charge in [-0.2, -0.15) is 0 Å². The molecule has 13 heteroatoms. The average molecular weight is 590 g/mol. The highest BCUT2D eigenvalue weighted by atomic mass is 35.5. The van der Waals surface area contributed by atoms with Crippen LogP contribution in [0.5, 0.6) is 5.75 Å². The van der Waals surface area contributed by atoms with Crippen LogP contribution in [0.4, 0.5) is 13.2 Å². The lowest BCUT2D eigenvalue weighted by atomic mass is 10.0. The first-order chi connectivity index (χ1) is 18.0. The molecule has 1 aliphatic rings. The molecule has 8 nitrogen and oxygen atoms in total. The first kappa shape index (κ1) is 32.3. The maximum absolute atomic E-state index is 13.9. The van der Waals surface area contributed by atoms with Gasteiger partial charge < -0.3 is 25.8 Å². The number of carboxylic acid groups (broad SMARTS) is 1. The Hall–Kier alpha value is -2.96. The summed E-state index contributed by atoms with van der Waals surface area (Å²) in [6.07, 6.45) is -1.35. The largest absolute Gasteiger partial charge is 0.478 e. The van der Waals surface area contributed by atoms with Crippen LogP contribution in [0.1, 0.15) is 31.4 Å². The second kappa shape index (κ2) is 14.4. The van der Waals surface area contributed by atoms with Crippen LogP contribution in [0.3, 0.4) is 0 Å². The molecule has 0 radical (unpaired) electrons. The SMILES string of the molecule is CC(C)C(Oc1ccc(CNC(=O)C2SCCN2C(=O)C[C@H](N)Cc2cc(F)c(F)cc2F)cc1)C(=O)O.Cl. The Bertz CT molecular complexity index is 1170. The normalized spacial score (nSPS) is 16.4. The van der Waals surface area contributed by atoms with Crippen LogP contribution < -0.4 is 15.8 Å². The van der Waals surface area contributed by atoms with Gasteiger partial charge in [-0.1, -0.05) is 26.0 Å². The van der Waals surface area contributed by atoms with Crippen molar-refractivity contribution in [2.45, 2.75) is 50.8 Å². The molecule has 2 aromatic carbocycles. The van der Waals surface area contributed by atoms with Crippen molar-refractivity contribution >= 4 is 42.0 Å². The van der Waals surface area contributed by atoms with E-state index in [1.807, 2.05) is 0 Å². The zero-order valence-corrected chi connectivity index (χ0v) is 23.0. The third kappa shape index (κ3) is 8.77. The Kier molecular flexibility index (Phi) is 11.9. The lowest BCUT2D eigenvalue weighted by Crippen LogP contribution is -2.46. The highest BCUT2D eigenvalue weighted by Gasteiger charge is 2.35. The van der Waals surface area contributed by atoms with Crippen LogP contribution in [0.25, 0.3) is 0 Å². The highest BCUT2D eigenvalue weighted by molar-refractivity contribution is 8.00. The summed E-state index contributed by atoms with van der Waals surface area (Å²) in [5.41, 5.74) is 6.60. The molecule has 2 aromatic rings. The smallest absolute Gasteiger partial charge is 0.345 e. The number of halogens is 4. The van der Waals surface area contributed by atoms with Gasteiger partial charge in [-0.25, -0.2) is 18.0 Å². The first-order valence-electron chi connectivity index (χ1n) is 12.0. The second-order valence-corrected chi connectivity index (χ2v) is 10.5. The molecule has 4 N–H and O–H groups in total. The summed E-state index contributed by atoms with van der Waals surface area (Å²) < 4.78 is 46.0. The van der Waals surface area contributed by atoms with Crippen LogP contribution in [-0.4, -0.2) is 57.6 Å². The molecule has 0 saturated carbocycles. The van der Waals surface area contributed by atoms with Crippen molar-refractivity contribution in [2.75, 3.05) is 12.3 Å². The number of thioether (sulfide) groups is 1. The molecule has 0 bridgehead atoms. The van der Waals surface area contributed by atoms with E-state index in [0.717, 1.165) is 11.6 Å². The maximum Gasteiger partial charge on any atom is 0.345 e. The van der Waals surface area contributed by atoms with Gasteiger partial charge in [0, 0.05) is 43.3 Å². The molecule has 1 heterocycles. The summed E-state index contributed by atoms with van der Waals surface area (Å²) in [6.45, 7) is 4.01. The van der Waals surface area contributed by atoms with Crippen molar-refractivity contribution in [2.24, 2.45) is 11.7 Å². The number of carboxylic acids is 1. The fourth-order valence-corrected chi connectivity index (χ4v) is 5.10. The highest BCUT2D eigenvalue weighted by Crippen LogP contribution is 2.26. The number of benzene rings is 2. The Balaban J connectivity index is 0.00000533. The predicted octanol–water partition coefficient (Wildman–Crippen LogP) is 3.49. The van der Waals surface area contributed by atoms with E-state index in [1.165, 1.54) is 16.7 Å². The fourth-order valence-electron chi connectivity index (χ4n) is 3.94. The minimum Gasteiger partial charge on any atom is -0.478 e. The van der Waals surface area contributed by atoms with Gasteiger partial charge in [0.2, 0.25) is 5.91 Å². The van der Waals surface area contributed by atoms with Crippen LogP contribution in [0.2, 0.25) is 0 Å². The molecular formula is C26H31ClF3N3O5S. The summed E-state index contributed by atoms with van der Waals surface area (Å²) in [4.78, 5) is 38.4. The number of aliphatic carboxylic acids is 1. The zero-order valence-electron chi connectivity index (χ0n) is 21.4. The fraction of sp³-hybridized carbons (Fsp3) is 0.423. The minimum absolute atomic E-state index is 0. The summed E-state index contributed by atoms with van der Waals surface area (Å²) in [5, 5.41) is 11.3. The van der Waals surface area contributed by atoms with E-state index in [-0.39, 0.29) is 49.2 Å². The number of amides is 2. The Morgan fingerprint density at radius 2 is 1.77 bits per heavy atom. The monoisotopic (exact) mass is 589 g/mol. The van der Waals surface area contributed by atoms with Crippen molar-refractivity contribution in [1.29, 1.82) is 0 Å². The second-order valence-electron chi connectivity index (χ2n) is 9.32. The molecule has 3 rings (SSSR count). The molecular weight excluding hydrogens is 559 g/mol. The maximum atomic E-state index is 13.9. The van der Waals surface area contributed by atoms with Gasteiger partial charge in [0.1, 0.15) is 11.6 Å². The van der Waals surface area contributed by atoms with Crippen LogP contribution >= 0.6 is 24.2 Å². The Morgan fingerprint density at radius 3 is 2.38 bits per heavy atom. The standard InChI is InChI=1S/C26H30F3N3O5S.ClH/c1-14(2)23(26(35)36)37-18-5-3-15(4-6-18)13-31-24(34)25-32(7-8-38-25)22(33)11-17(30)9-16-10-20(28)21(29)12-19(16)27;/h3-6,10,12,14,17,23,25H,7-9,11,13,30H2,1-2H3,(H,31,34)(H,35,36);1H/t17-,23?,25?;/m1./s1. The number of nitrogens with one attached hydrogen (secondary N) is 1. The molecule has 39 heavy (non-hydrogen) atoms. The van der Waals surface area contributed by atoms with Crippen molar-refractivity contribution in [3.63, 3.8) is 0 Å². The molecule has 2 unspecified atom stereocenters. The molecule has 0 aromatic heterocycles. The van der Waals surface area contributed by atoms with Gasteiger partial charge in [0.25, 0.3) is 5.91 Å². The zero-order chi connectivity index (χ0) is 28.0. The van der Waals surface area contributed by atoms with Gasteiger partial charge in [-0.05, 0) is 35.7 Å². The van der Waals surface area contributed by atoms with Crippen molar-refractivity contribution in [1.82, 2.24) is 10.2 Å². The Labute approximate surface area is 234 Å². The third-order valence-electron chi connectivity index (χ3n) is 5.95. The van der Waals surface area contributed by atoms with E-state index in [0.29, 0.717) is 24.1 Å². The first-order valence-corrected chi connectivity index (χ1v) is 13.1. The number of ether oxygens (including phenoxy) is 1. The van der Waals surface area contributed by atoms with E-state index in [2.05, 4.69) is 5.32 Å². The van der Waals surface area contributed by atoms with E-state index in [9.17, 15) is 32.7 Å². The number of hydrogen-bond acceptors (Lipinski definition) is 6. The molecule has 0 spiro atoms. The number of hydrogen-bond donors (Lipinski definition) is 3. The van der Waals surface area contributed by atoms with Crippen LogP contribution in [0.15, 0.2) is 36.4 Å². The predicted molar refractivity (Wildman–Crippen MR) is 143 cm³/mol. The number of nitrogens with two attached hydrogens (primary N) is 1. The van der Waals surface area contributed by atoms with Crippen molar-refractivity contribution in [3.8, 4) is 5.75 Å². The van der Waals surface area contributed by atoms with Crippen molar-refractivity contribution < 1.29 is 37.4 Å². The van der Waals surface area contributed by atoms with E-state index in [1.54, 1.807) is 38.1 Å². The third-order valence-corrected chi connectivity index (χ3v) is 7.15. The van der Waals surface area contributed by atoms with Gasteiger partial charge >= 0.3 is 5.97 Å². The summed E-state index contributed by atoms with van der Waals surface area (Å²) in [6, 6.07) is 6.97. The van der Waals surface area contributed by atoms with Crippen LogP contribution in [-0.2, 0) is 27.3 Å². The molecule has 1 saturated heterocycles. The number of rotatable bonds is 11.